The average molecular weight is 315 g/mol. The number of likely N-dealkylation sites (tertiary alicyclic amines) is 1. The van der Waals surface area contributed by atoms with Crippen LogP contribution in [-0.2, 0) is 19.2 Å². The molecule has 0 bridgehead atoms. The molecule has 2 saturated heterocycles. The fraction of sp³-hybridized carbons (Fsp3) is 0.375. The molecule has 0 aliphatic carbocycles. The number of amides is 4. The van der Waals surface area contributed by atoms with E-state index < -0.39 is 5.91 Å². The van der Waals surface area contributed by atoms with Crippen molar-refractivity contribution in [1.82, 2.24) is 4.90 Å². The summed E-state index contributed by atoms with van der Waals surface area (Å²) in [5.41, 5.74) is 1.36. The van der Waals surface area contributed by atoms with Crippen molar-refractivity contribution in [2.45, 2.75) is 25.7 Å². The number of imide groups is 1. The highest BCUT2D eigenvalue weighted by Gasteiger charge is 2.30. The minimum Gasteiger partial charge on any atom is -0.325 e. The summed E-state index contributed by atoms with van der Waals surface area (Å²) < 4.78 is 0. The van der Waals surface area contributed by atoms with Gasteiger partial charge in [-0.15, -0.1) is 0 Å². The van der Waals surface area contributed by atoms with E-state index in [1.807, 2.05) is 0 Å². The second kappa shape index (κ2) is 6.20. The van der Waals surface area contributed by atoms with Gasteiger partial charge < -0.3 is 10.2 Å². The Hall–Kier alpha value is -2.70. The lowest BCUT2D eigenvalue weighted by Crippen LogP contribution is -2.36. The van der Waals surface area contributed by atoms with E-state index in [1.54, 1.807) is 29.2 Å². The molecule has 2 heterocycles. The molecule has 3 rings (SSSR count). The van der Waals surface area contributed by atoms with Crippen molar-refractivity contribution in [1.29, 1.82) is 0 Å². The van der Waals surface area contributed by atoms with Gasteiger partial charge in [0.05, 0.1) is 0 Å². The third-order valence-electron chi connectivity index (χ3n) is 3.99. The number of nitrogens with one attached hydrogen (secondary N) is 1. The number of nitrogens with zero attached hydrogens (tertiary/aromatic N) is 2. The van der Waals surface area contributed by atoms with Crippen molar-refractivity contribution in [3.05, 3.63) is 24.3 Å². The van der Waals surface area contributed by atoms with E-state index in [0.717, 1.165) is 17.0 Å². The van der Waals surface area contributed by atoms with Gasteiger partial charge in [-0.1, -0.05) is 0 Å². The molecule has 0 atom stereocenters. The van der Waals surface area contributed by atoms with Crippen LogP contribution in [0.3, 0.4) is 0 Å². The molecule has 2 aliphatic rings. The van der Waals surface area contributed by atoms with Gasteiger partial charge in [-0.2, -0.15) is 0 Å². The molecule has 4 amide bonds. The van der Waals surface area contributed by atoms with Crippen molar-refractivity contribution in [3.8, 4) is 0 Å². The van der Waals surface area contributed by atoms with E-state index in [2.05, 4.69) is 5.32 Å². The lowest BCUT2D eigenvalue weighted by molar-refractivity contribution is -0.141. The smallest absolute Gasteiger partial charge is 0.244 e. The van der Waals surface area contributed by atoms with E-state index in [4.69, 9.17) is 0 Å². The third-order valence-corrected chi connectivity index (χ3v) is 3.99. The van der Waals surface area contributed by atoms with Crippen LogP contribution in [0.1, 0.15) is 25.7 Å². The quantitative estimate of drug-likeness (QED) is 0.836. The first-order valence-corrected chi connectivity index (χ1v) is 7.58. The van der Waals surface area contributed by atoms with Crippen molar-refractivity contribution in [3.63, 3.8) is 0 Å². The molecule has 0 unspecified atom stereocenters. The summed E-state index contributed by atoms with van der Waals surface area (Å²) in [4.78, 5) is 49.3. The van der Waals surface area contributed by atoms with Crippen molar-refractivity contribution in [2.75, 3.05) is 23.3 Å². The van der Waals surface area contributed by atoms with Gasteiger partial charge in [0.2, 0.25) is 23.6 Å². The molecule has 23 heavy (non-hydrogen) atoms. The van der Waals surface area contributed by atoms with Gasteiger partial charge in [-0.25, -0.2) is 0 Å². The van der Waals surface area contributed by atoms with Crippen LogP contribution >= 0.6 is 0 Å². The van der Waals surface area contributed by atoms with Crippen LogP contribution in [0.15, 0.2) is 24.3 Å². The Bertz CT molecular complexity index is 652. The van der Waals surface area contributed by atoms with Gasteiger partial charge in [0.15, 0.2) is 0 Å². The van der Waals surface area contributed by atoms with E-state index in [0.29, 0.717) is 18.7 Å². The molecular weight excluding hydrogens is 298 g/mol. The highest BCUT2D eigenvalue weighted by atomic mass is 16.2. The molecule has 1 N–H and O–H groups in total. The summed E-state index contributed by atoms with van der Waals surface area (Å²) in [6, 6.07) is 6.94. The normalized spacial score (nSPS) is 18.0. The number of hydrogen-bond donors (Lipinski definition) is 1. The van der Waals surface area contributed by atoms with Crippen LogP contribution in [0.4, 0.5) is 11.4 Å². The van der Waals surface area contributed by atoms with Gasteiger partial charge in [0, 0.05) is 37.2 Å². The molecule has 7 nitrogen and oxygen atoms in total. The number of anilines is 2. The Labute approximate surface area is 133 Å². The maximum absolute atomic E-state index is 11.9. The van der Waals surface area contributed by atoms with Gasteiger partial charge in [0.25, 0.3) is 0 Å². The second-order valence-electron chi connectivity index (χ2n) is 5.62. The first-order chi connectivity index (χ1) is 11.0. The third kappa shape index (κ3) is 3.23. The molecule has 0 spiro atoms. The highest BCUT2D eigenvalue weighted by molar-refractivity contribution is 6.06. The molecule has 1 aromatic rings. The van der Waals surface area contributed by atoms with Gasteiger partial charge in [0.1, 0.15) is 6.54 Å². The average Bonchev–Trinajstić information content (AvgIpc) is 3.09. The number of hydrogen-bond acceptors (Lipinski definition) is 4. The highest BCUT2D eigenvalue weighted by Crippen LogP contribution is 2.23. The van der Waals surface area contributed by atoms with E-state index >= 15 is 0 Å². The Kier molecular flexibility index (Phi) is 4.10. The number of rotatable bonds is 4. The molecule has 0 aromatic heterocycles. The zero-order chi connectivity index (χ0) is 16.4. The molecule has 1 aromatic carbocycles. The predicted molar refractivity (Wildman–Crippen MR) is 82.6 cm³/mol. The fourth-order valence-corrected chi connectivity index (χ4v) is 2.79. The Balaban J connectivity index is 1.59. The first-order valence-electron chi connectivity index (χ1n) is 7.58. The number of carbonyl (C=O) groups excluding carboxylic acids is 4. The lowest BCUT2D eigenvalue weighted by atomic mass is 10.2. The summed E-state index contributed by atoms with van der Waals surface area (Å²) in [6.45, 7) is 0.452. The largest absolute Gasteiger partial charge is 0.325 e. The maximum Gasteiger partial charge on any atom is 0.244 e. The first kappa shape index (κ1) is 15.2. The van der Waals surface area contributed by atoms with Crippen molar-refractivity contribution >= 4 is 35.0 Å². The topological polar surface area (TPSA) is 86.8 Å². The summed E-state index contributed by atoms with van der Waals surface area (Å²) in [6.07, 6.45) is 1.76. The minimum atomic E-state index is -0.418. The second-order valence-corrected chi connectivity index (χ2v) is 5.62. The molecule has 0 radical (unpaired) electrons. The van der Waals surface area contributed by atoms with Crippen LogP contribution in [-0.4, -0.2) is 41.6 Å². The van der Waals surface area contributed by atoms with Crippen LogP contribution in [0.5, 0.6) is 0 Å². The zero-order valence-corrected chi connectivity index (χ0v) is 12.6. The molecular formula is C16H17N3O4. The lowest BCUT2D eigenvalue weighted by Gasteiger charge is -2.16. The predicted octanol–water partition coefficient (Wildman–Crippen LogP) is 0.901. The summed E-state index contributed by atoms with van der Waals surface area (Å²) in [5, 5.41) is 2.65. The van der Waals surface area contributed by atoms with Crippen molar-refractivity contribution in [2.24, 2.45) is 0 Å². The number of carbonyl (C=O) groups is 4. The molecule has 2 fully saturated rings. The monoisotopic (exact) mass is 315 g/mol. The molecule has 2 aliphatic heterocycles. The molecule has 0 saturated carbocycles. The zero-order valence-electron chi connectivity index (χ0n) is 12.6. The van der Waals surface area contributed by atoms with E-state index in [9.17, 15) is 19.2 Å². The van der Waals surface area contributed by atoms with E-state index in [-0.39, 0.29) is 37.1 Å². The fourth-order valence-electron chi connectivity index (χ4n) is 2.79. The van der Waals surface area contributed by atoms with Crippen molar-refractivity contribution < 1.29 is 19.2 Å². The van der Waals surface area contributed by atoms with E-state index in [1.165, 1.54) is 0 Å². The number of benzene rings is 1. The Morgan fingerprint density at radius 1 is 0.957 bits per heavy atom. The minimum absolute atomic E-state index is 0.104. The van der Waals surface area contributed by atoms with Gasteiger partial charge in [-0.3, -0.25) is 24.1 Å². The van der Waals surface area contributed by atoms with Crippen LogP contribution < -0.4 is 10.2 Å². The summed E-state index contributed by atoms with van der Waals surface area (Å²) in [5.74, 6) is -0.937. The summed E-state index contributed by atoms with van der Waals surface area (Å²) >= 11 is 0. The van der Waals surface area contributed by atoms with Crippen LogP contribution in [0.25, 0.3) is 0 Å². The SMILES string of the molecule is O=C(CN1C(=O)CCC1=O)Nc1ccc(N2CCCC2=O)cc1. The van der Waals surface area contributed by atoms with Crippen LogP contribution in [0, 0.1) is 0 Å². The Morgan fingerprint density at radius 3 is 2.17 bits per heavy atom. The maximum atomic E-state index is 11.9. The van der Waals surface area contributed by atoms with Gasteiger partial charge in [-0.05, 0) is 30.7 Å². The summed E-state index contributed by atoms with van der Waals surface area (Å²) in [7, 11) is 0. The standard InChI is InChI=1S/C16H17N3O4/c20-13(10-19-15(22)7-8-16(19)23)17-11-3-5-12(6-4-11)18-9-1-2-14(18)21/h3-6H,1-2,7-10H2,(H,17,20). The van der Waals surface area contributed by atoms with Gasteiger partial charge >= 0.3 is 0 Å². The van der Waals surface area contributed by atoms with Crippen LogP contribution in [0.2, 0.25) is 0 Å². The molecule has 120 valence electrons. The Morgan fingerprint density at radius 2 is 1.61 bits per heavy atom. The molecule has 7 heteroatoms.